The van der Waals surface area contributed by atoms with Crippen LogP contribution in [0.2, 0.25) is 0 Å². The lowest BCUT2D eigenvalue weighted by Gasteiger charge is -2.00. The molecule has 1 N–H and O–H groups in total. The standard InChI is InChI=1S/C13H9F2NO2/c14-10-4-3-9(8-11(10)15)16-6-5-12(17)13-2-1-7-18-13/h1-8,16H/b6-5+. The normalized spacial score (nSPS) is 10.8. The first-order valence-corrected chi connectivity index (χ1v) is 5.13. The number of hydrogen-bond acceptors (Lipinski definition) is 3. The fraction of sp³-hybridized carbons (Fsp3) is 0. The number of allylic oxidation sites excluding steroid dienone is 1. The maximum atomic E-state index is 12.9. The van der Waals surface area contributed by atoms with Crippen molar-refractivity contribution < 1.29 is 18.0 Å². The molecule has 18 heavy (non-hydrogen) atoms. The van der Waals surface area contributed by atoms with Crippen LogP contribution in [0.3, 0.4) is 0 Å². The Bertz CT molecular complexity index is 577. The van der Waals surface area contributed by atoms with Crippen LogP contribution in [0.25, 0.3) is 0 Å². The number of hydrogen-bond donors (Lipinski definition) is 1. The number of ketones is 1. The van der Waals surface area contributed by atoms with E-state index in [0.29, 0.717) is 5.69 Å². The summed E-state index contributed by atoms with van der Waals surface area (Å²) in [7, 11) is 0. The van der Waals surface area contributed by atoms with Gasteiger partial charge in [-0.2, -0.15) is 0 Å². The molecule has 5 heteroatoms. The zero-order valence-corrected chi connectivity index (χ0v) is 9.19. The number of halogens is 2. The van der Waals surface area contributed by atoms with Crippen molar-refractivity contribution in [3.05, 3.63) is 66.3 Å². The SMILES string of the molecule is O=C(/C=C/Nc1ccc(F)c(F)c1)c1ccco1. The number of anilines is 1. The van der Waals surface area contributed by atoms with Crippen LogP contribution in [0.4, 0.5) is 14.5 Å². The van der Waals surface area contributed by atoms with Crippen molar-refractivity contribution in [1.82, 2.24) is 0 Å². The Balaban J connectivity index is 1.99. The van der Waals surface area contributed by atoms with E-state index in [0.717, 1.165) is 12.1 Å². The van der Waals surface area contributed by atoms with E-state index >= 15 is 0 Å². The monoisotopic (exact) mass is 249 g/mol. The quantitative estimate of drug-likeness (QED) is 0.667. The summed E-state index contributed by atoms with van der Waals surface area (Å²) in [5.41, 5.74) is 0.345. The summed E-state index contributed by atoms with van der Waals surface area (Å²) in [6, 6.07) is 6.49. The summed E-state index contributed by atoms with van der Waals surface area (Å²) in [5.74, 6) is -1.99. The summed E-state index contributed by atoms with van der Waals surface area (Å²) >= 11 is 0. The van der Waals surface area contributed by atoms with Gasteiger partial charge in [0.25, 0.3) is 0 Å². The lowest BCUT2D eigenvalue weighted by molar-refractivity contribution is 0.102. The van der Waals surface area contributed by atoms with Crippen molar-refractivity contribution in [3.8, 4) is 0 Å². The second-order valence-electron chi connectivity index (χ2n) is 3.45. The second kappa shape index (κ2) is 5.27. The first-order valence-electron chi connectivity index (χ1n) is 5.13. The number of nitrogens with one attached hydrogen (secondary N) is 1. The Kier molecular flexibility index (Phi) is 3.52. The van der Waals surface area contributed by atoms with Gasteiger partial charge in [0.05, 0.1) is 6.26 Å². The van der Waals surface area contributed by atoms with Crippen LogP contribution in [0.1, 0.15) is 10.6 Å². The molecule has 0 spiro atoms. The summed E-state index contributed by atoms with van der Waals surface area (Å²) in [4.78, 5) is 11.5. The molecule has 0 saturated carbocycles. The topological polar surface area (TPSA) is 42.2 Å². The van der Waals surface area contributed by atoms with Gasteiger partial charge in [0.15, 0.2) is 17.4 Å². The number of benzene rings is 1. The lowest BCUT2D eigenvalue weighted by Crippen LogP contribution is -1.95. The summed E-state index contributed by atoms with van der Waals surface area (Å²) in [6.07, 6.45) is 3.96. The molecular formula is C13H9F2NO2. The predicted octanol–water partition coefficient (Wildman–Crippen LogP) is 3.37. The van der Waals surface area contributed by atoms with E-state index in [1.54, 1.807) is 6.07 Å². The van der Waals surface area contributed by atoms with Crippen LogP contribution >= 0.6 is 0 Å². The molecule has 0 unspecified atom stereocenters. The molecule has 3 nitrogen and oxygen atoms in total. The molecule has 0 atom stereocenters. The molecular weight excluding hydrogens is 240 g/mol. The molecule has 2 rings (SSSR count). The molecule has 1 heterocycles. The maximum absolute atomic E-state index is 12.9. The molecule has 1 aromatic carbocycles. The van der Waals surface area contributed by atoms with Crippen molar-refractivity contribution in [1.29, 1.82) is 0 Å². The average molecular weight is 249 g/mol. The first-order chi connectivity index (χ1) is 8.66. The molecule has 0 saturated heterocycles. The fourth-order valence-corrected chi connectivity index (χ4v) is 1.30. The number of rotatable bonds is 4. The van der Waals surface area contributed by atoms with E-state index in [2.05, 4.69) is 5.32 Å². The van der Waals surface area contributed by atoms with Gasteiger partial charge < -0.3 is 9.73 Å². The third kappa shape index (κ3) is 2.82. The van der Waals surface area contributed by atoms with Gasteiger partial charge in [0, 0.05) is 24.0 Å². The molecule has 0 aliphatic heterocycles. The van der Waals surface area contributed by atoms with Crippen molar-refractivity contribution in [3.63, 3.8) is 0 Å². The Labute approximate surface area is 102 Å². The Morgan fingerprint density at radius 1 is 1.22 bits per heavy atom. The third-order valence-electron chi connectivity index (χ3n) is 2.17. The van der Waals surface area contributed by atoms with E-state index < -0.39 is 11.6 Å². The van der Waals surface area contributed by atoms with Gasteiger partial charge in [-0.25, -0.2) is 8.78 Å². The van der Waals surface area contributed by atoms with Crippen molar-refractivity contribution >= 4 is 11.5 Å². The highest BCUT2D eigenvalue weighted by molar-refractivity contribution is 6.02. The number of carbonyl (C=O) groups excluding carboxylic acids is 1. The van der Waals surface area contributed by atoms with E-state index in [-0.39, 0.29) is 11.5 Å². The van der Waals surface area contributed by atoms with Crippen molar-refractivity contribution in [2.24, 2.45) is 0 Å². The average Bonchev–Trinajstić information content (AvgIpc) is 2.87. The van der Waals surface area contributed by atoms with Gasteiger partial charge in [-0.05, 0) is 24.3 Å². The number of furan rings is 1. The minimum absolute atomic E-state index is 0.207. The highest BCUT2D eigenvalue weighted by Gasteiger charge is 2.04. The predicted molar refractivity (Wildman–Crippen MR) is 62.2 cm³/mol. The van der Waals surface area contributed by atoms with Crippen LogP contribution in [0.5, 0.6) is 0 Å². The first kappa shape index (κ1) is 12.0. The van der Waals surface area contributed by atoms with Crippen LogP contribution in [-0.2, 0) is 0 Å². The largest absolute Gasteiger partial charge is 0.461 e. The maximum Gasteiger partial charge on any atom is 0.222 e. The number of carbonyl (C=O) groups is 1. The molecule has 1 aromatic heterocycles. The van der Waals surface area contributed by atoms with Gasteiger partial charge >= 0.3 is 0 Å². The van der Waals surface area contributed by atoms with Crippen molar-refractivity contribution in [2.75, 3.05) is 5.32 Å². The molecule has 92 valence electrons. The molecule has 2 aromatic rings. The van der Waals surface area contributed by atoms with E-state index in [1.165, 1.54) is 30.7 Å². The second-order valence-corrected chi connectivity index (χ2v) is 3.45. The van der Waals surface area contributed by atoms with Crippen LogP contribution in [0, 0.1) is 11.6 Å². The van der Waals surface area contributed by atoms with E-state index in [1.807, 2.05) is 0 Å². The van der Waals surface area contributed by atoms with Crippen LogP contribution in [0.15, 0.2) is 53.3 Å². The molecule has 0 amide bonds. The minimum Gasteiger partial charge on any atom is -0.461 e. The third-order valence-corrected chi connectivity index (χ3v) is 2.17. The molecule has 0 radical (unpaired) electrons. The Morgan fingerprint density at radius 2 is 2.06 bits per heavy atom. The fourth-order valence-electron chi connectivity index (χ4n) is 1.30. The minimum atomic E-state index is -0.953. The van der Waals surface area contributed by atoms with E-state index in [4.69, 9.17) is 4.42 Å². The van der Waals surface area contributed by atoms with E-state index in [9.17, 15) is 13.6 Å². The van der Waals surface area contributed by atoms with Gasteiger partial charge in [-0.15, -0.1) is 0 Å². The Morgan fingerprint density at radius 3 is 2.72 bits per heavy atom. The zero-order chi connectivity index (χ0) is 13.0. The van der Waals surface area contributed by atoms with Gasteiger partial charge in [0.2, 0.25) is 5.78 Å². The lowest BCUT2D eigenvalue weighted by atomic mass is 10.3. The van der Waals surface area contributed by atoms with Gasteiger partial charge in [-0.1, -0.05) is 0 Å². The highest BCUT2D eigenvalue weighted by atomic mass is 19.2. The van der Waals surface area contributed by atoms with Crippen LogP contribution < -0.4 is 5.32 Å². The van der Waals surface area contributed by atoms with Gasteiger partial charge in [-0.3, -0.25) is 4.79 Å². The van der Waals surface area contributed by atoms with Crippen molar-refractivity contribution in [2.45, 2.75) is 0 Å². The zero-order valence-electron chi connectivity index (χ0n) is 9.19. The highest BCUT2D eigenvalue weighted by Crippen LogP contribution is 2.13. The van der Waals surface area contributed by atoms with Gasteiger partial charge in [0.1, 0.15) is 0 Å². The molecule has 0 aliphatic carbocycles. The van der Waals surface area contributed by atoms with Crippen LogP contribution in [-0.4, -0.2) is 5.78 Å². The smallest absolute Gasteiger partial charge is 0.222 e. The molecule has 0 bridgehead atoms. The Hall–Kier alpha value is -2.43. The molecule has 0 aliphatic rings. The summed E-state index contributed by atoms with van der Waals surface area (Å²) < 4.78 is 30.4. The summed E-state index contributed by atoms with van der Waals surface area (Å²) in [5, 5.41) is 2.66. The molecule has 0 fully saturated rings. The summed E-state index contributed by atoms with van der Waals surface area (Å²) in [6.45, 7) is 0.